The van der Waals surface area contributed by atoms with Gasteiger partial charge in [-0.15, -0.1) is 0 Å². The van der Waals surface area contributed by atoms with Crippen LogP contribution < -0.4 is 10.2 Å². The number of alkyl halides is 2. The average molecular weight is 372 g/mol. The summed E-state index contributed by atoms with van der Waals surface area (Å²) in [4.78, 5) is 2.27. The van der Waals surface area contributed by atoms with E-state index in [1.165, 1.54) is 16.9 Å². The van der Waals surface area contributed by atoms with Gasteiger partial charge in [-0.1, -0.05) is 36.4 Å². The normalized spacial score (nSPS) is 17.6. The molecule has 0 bridgehead atoms. The van der Waals surface area contributed by atoms with Gasteiger partial charge in [0, 0.05) is 42.5 Å². The fraction of sp³-hybridized carbons (Fsp3) is 0.455. The van der Waals surface area contributed by atoms with Crippen molar-refractivity contribution < 1.29 is 13.5 Å². The fourth-order valence-electron chi connectivity index (χ4n) is 4.16. The highest BCUT2D eigenvalue weighted by Gasteiger charge is 2.41. The highest BCUT2D eigenvalue weighted by atomic mass is 19.3. The predicted molar refractivity (Wildman–Crippen MR) is 105 cm³/mol. The zero-order valence-electron chi connectivity index (χ0n) is 15.5. The molecule has 0 aliphatic carbocycles. The molecule has 1 fully saturated rings. The molecule has 0 aromatic heterocycles. The van der Waals surface area contributed by atoms with Crippen LogP contribution in [0.3, 0.4) is 0 Å². The number of rotatable bonds is 6. The lowest BCUT2D eigenvalue weighted by Crippen LogP contribution is -2.43. The van der Waals surface area contributed by atoms with Crippen LogP contribution in [0.2, 0.25) is 0 Å². The van der Waals surface area contributed by atoms with Crippen LogP contribution in [-0.2, 0) is 17.8 Å². The number of piperidine rings is 1. The van der Waals surface area contributed by atoms with E-state index in [0.29, 0.717) is 25.9 Å². The van der Waals surface area contributed by atoms with Crippen LogP contribution in [0.25, 0.3) is 0 Å². The highest BCUT2D eigenvalue weighted by molar-refractivity contribution is 5.69. The molecule has 1 saturated heterocycles. The van der Waals surface area contributed by atoms with Gasteiger partial charge in [-0.2, -0.15) is 0 Å². The van der Waals surface area contributed by atoms with E-state index >= 15 is 0 Å². The zero-order chi connectivity index (χ0) is 18.7. The van der Waals surface area contributed by atoms with Crippen LogP contribution in [0.1, 0.15) is 24.0 Å². The summed E-state index contributed by atoms with van der Waals surface area (Å²) in [6.45, 7) is 2.04. The third-order valence-corrected chi connectivity index (χ3v) is 5.68. The summed E-state index contributed by atoms with van der Waals surface area (Å²) in [7, 11) is 0. The summed E-state index contributed by atoms with van der Waals surface area (Å²) in [6.07, 6.45) is 2.01. The maximum atomic E-state index is 14.6. The first-order valence-electron chi connectivity index (χ1n) is 9.74. The van der Waals surface area contributed by atoms with E-state index < -0.39 is 18.4 Å². The van der Waals surface area contributed by atoms with Crippen molar-refractivity contribution in [3.63, 3.8) is 0 Å². The average Bonchev–Trinajstić information content (AvgIpc) is 3.18. The van der Waals surface area contributed by atoms with Gasteiger partial charge in [-0.3, -0.25) is 0 Å². The number of benzene rings is 2. The maximum Gasteiger partial charge on any atom is 0.273 e. The first-order chi connectivity index (χ1) is 13.1. The number of hydrogen-bond donors (Lipinski definition) is 1. The molecule has 0 radical (unpaired) electrons. The number of nitrogens with zero attached hydrogens (tertiary/aromatic N) is 1. The molecule has 0 atom stereocenters. The Balaban J connectivity index is 1.31. The number of hydrogen-bond acceptors (Lipinski definition) is 3. The van der Waals surface area contributed by atoms with Gasteiger partial charge in [0.25, 0.3) is 5.92 Å². The molecule has 1 N–H and O–H groups in total. The van der Waals surface area contributed by atoms with Gasteiger partial charge in [0.15, 0.2) is 0 Å². The molecule has 0 saturated carbocycles. The maximum absolute atomic E-state index is 14.6. The van der Waals surface area contributed by atoms with Crippen molar-refractivity contribution in [2.24, 2.45) is 5.92 Å². The number of anilines is 2. The molecule has 0 amide bonds. The van der Waals surface area contributed by atoms with Gasteiger partial charge in [0.05, 0.1) is 6.61 Å². The lowest BCUT2D eigenvalue weighted by molar-refractivity contribution is -0.126. The Morgan fingerprint density at radius 2 is 1.81 bits per heavy atom. The summed E-state index contributed by atoms with van der Waals surface area (Å²) in [5.41, 5.74) is 4.65. The molecule has 0 spiro atoms. The Labute approximate surface area is 159 Å². The molecular weight excluding hydrogens is 346 g/mol. The van der Waals surface area contributed by atoms with E-state index in [1.807, 2.05) is 36.4 Å². The quantitative estimate of drug-likeness (QED) is 0.794. The van der Waals surface area contributed by atoms with Crippen molar-refractivity contribution in [1.29, 1.82) is 0 Å². The molecule has 2 heterocycles. The van der Waals surface area contributed by atoms with Gasteiger partial charge in [0.2, 0.25) is 0 Å². The molecule has 4 rings (SSSR count). The molecule has 2 aliphatic rings. The van der Waals surface area contributed by atoms with Crippen LogP contribution >= 0.6 is 0 Å². The van der Waals surface area contributed by atoms with Gasteiger partial charge in [-0.25, -0.2) is 8.78 Å². The van der Waals surface area contributed by atoms with Crippen LogP contribution in [0.5, 0.6) is 0 Å². The smallest absolute Gasteiger partial charge is 0.273 e. The van der Waals surface area contributed by atoms with Crippen molar-refractivity contribution in [1.82, 2.24) is 0 Å². The first-order valence-corrected chi connectivity index (χ1v) is 9.74. The second-order valence-corrected chi connectivity index (χ2v) is 7.48. The van der Waals surface area contributed by atoms with Gasteiger partial charge in [-0.05, 0) is 37.0 Å². The van der Waals surface area contributed by atoms with Gasteiger partial charge in [0.1, 0.15) is 6.61 Å². The first kappa shape index (κ1) is 18.2. The van der Waals surface area contributed by atoms with E-state index in [-0.39, 0.29) is 6.61 Å². The Morgan fingerprint density at radius 1 is 1.04 bits per heavy atom. The van der Waals surface area contributed by atoms with E-state index in [1.54, 1.807) is 0 Å². The molecule has 27 heavy (non-hydrogen) atoms. The second kappa shape index (κ2) is 7.85. The lowest BCUT2D eigenvalue weighted by atomic mass is 9.90. The number of fused-ring (bicyclic) bond motifs is 1. The van der Waals surface area contributed by atoms with Crippen LogP contribution in [0.4, 0.5) is 20.2 Å². The molecule has 2 aromatic carbocycles. The summed E-state index contributed by atoms with van der Waals surface area (Å²) in [5.74, 6) is -3.39. The van der Waals surface area contributed by atoms with Crippen molar-refractivity contribution in [3.05, 3.63) is 59.7 Å². The topological polar surface area (TPSA) is 24.5 Å². The largest absolute Gasteiger partial charge is 0.384 e. The number of nitrogens with one attached hydrogen (secondary N) is 1. The Bertz CT molecular complexity index is 758. The highest BCUT2D eigenvalue weighted by Crippen LogP contribution is 2.38. The Morgan fingerprint density at radius 3 is 2.59 bits per heavy atom. The second-order valence-electron chi connectivity index (χ2n) is 7.48. The Kier molecular flexibility index (Phi) is 5.30. The van der Waals surface area contributed by atoms with Gasteiger partial charge < -0.3 is 15.0 Å². The van der Waals surface area contributed by atoms with Crippen LogP contribution in [0, 0.1) is 5.92 Å². The van der Waals surface area contributed by atoms with Crippen LogP contribution in [0.15, 0.2) is 48.5 Å². The van der Waals surface area contributed by atoms with Crippen molar-refractivity contribution in [2.45, 2.75) is 31.8 Å². The van der Waals surface area contributed by atoms with Crippen LogP contribution in [-0.4, -0.2) is 32.2 Å². The summed E-state index contributed by atoms with van der Waals surface area (Å²) < 4.78 is 34.6. The monoisotopic (exact) mass is 372 g/mol. The molecular formula is C22H26F2N2O. The molecule has 2 aromatic rings. The van der Waals surface area contributed by atoms with Gasteiger partial charge >= 0.3 is 0 Å². The lowest BCUT2D eigenvalue weighted by Gasteiger charge is -2.37. The summed E-state index contributed by atoms with van der Waals surface area (Å²) >= 11 is 0. The van der Waals surface area contributed by atoms with Crippen molar-refractivity contribution in [3.8, 4) is 0 Å². The predicted octanol–water partition coefficient (Wildman–Crippen LogP) is 4.72. The third-order valence-electron chi connectivity index (χ3n) is 5.68. The fourth-order valence-corrected chi connectivity index (χ4v) is 4.16. The SMILES string of the molecule is FC(F)(COCc1ccccc1)C1CCN(c2cccc3c2CCN3)CC1. The molecule has 144 valence electrons. The van der Waals surface area contributed by atoms with E-state index in [2.05, 4.69) is 22.3 Å². The van der Waals surface area contributed by atoms with E-state index in [0.717, 1.165) is 18.5 Å². The minimum atomic E-state index is -2.78. The third kappa shape index (κ3) is 4.08. The number of halogens is 2. The molecule has 3 nitrogen and oxygen atoms in total. The summed E-state index contributed by atoms with van der Waals surface area (Å²) in [5, 5.41) is 3.39. The van der Waals surface area contributed by atoms with Crippen molar-refractivity contribution >= 4 is 11.4 Å². The minimum absolute atomic E-state index is 0.235. The van der Waals surface area contributed by atoms with E-state index in [4.69, 9.17) is 4.74 Å². The zero-order valence-corrected chi connectivity index (χ0v) is 15.5. The van der Waals surface area contributed by atoms with E-state index in [9.17, 15) is 8.78 Å². The molecule has 0 unspecified atom stereocenters. The van der Waals surface area contributed by atoms with Crippen molar-refractivity contribution in [2.75, 3.05) is 36.5 Å². The molecule has 5 heteroatoms. The number of ether oxygens (including phenoxy) is 1. The summed E-state index contributed by atoms with van der Waals surface area (Å²) in [6, 6.07) is 15.7. The molecule has 2 aliphatic heterocycles. The standard InChI is InChI=1S/C22H26F2N2O/c23-22(24,16-27-15-17-5-2-1-3-6-17)18-10-13-26(14-11-18)21-8-4-7-20-19(21)9-12-25-20/h1-8,18,25H,9-16H2. The Hall–Kier alpha value is -2.14. The minimum Gasteiger partial charge on any atom is -0.384 e.